The molecule has 0 unspecified atom stereocenters. The first kappa shape index (κ1) is 21.7. The summed E-state index contributed by atoms with van der Waals surface area (Å²) in [6, 6.07) is 4.97. The average molecular weight is 398 g/mol. The molecule has 1 aliphatic heterocycles. The van der Waals surface area contributed by atoms with Crippen molar-refractivity contribution in [2.45, 2.75) is 32.1 Å². The van der Waals surface area contributed by atoms with E-state index in [-0.39, 0.29) is 5.91 Å². The lowest BCUT2D eigenvalue weighted by molar-refractivity contribution is -0.132. The molecule has 2 rings (SSSR count). The predicted molar refractivity (Wildman–Crippen MR) is 105 cm³/mol. The number of carbonyl (C=O) groups excluding carboxylic acids is 1. The molecule has 0 aliphatic carbocycles. The highest BCUT2D eigenvalue weighted by molar-refractivity contribution is 7.89. The molecule has 0 bridgehead atoms. The van der Waals surface area contributed by atoms with Gasteiger partial charge in [0, 0.05) is 39.1 Å². The number of sulfonamides is 1. The van der Waals surface area contributed by atoms with E-state index in [1.165, 1.54) is 4.31 Å². The molecule has 8 heteroatoms. The number of carbonyl (C=O) groups is 1. The van der Waals surface area contributed by atoms with Crippen LogP contribution >= 0.6 is 0 Å². The normalized spacial score (nSPS) is 16.0. The molecule has 0 saturated carbocycles. The monoisotopic (exact) mass is 397 g/mol. The maximum atomic E-state index is 13.0. The lowest BCUT2D eigenvalue weighted by Gasteiger charge is -2.34. The molecule has 1 amide bonds. The second kappa shape index (κ2) is 9.52. The molecule has 0 atom stereocenters. The van der Waals surface area contributed by atoms with Crippen molar-refractivity contribution >= 4 is 15.9 Å². The van der Waals surface area contributed by atoms with Crippen LogP contribution in [0.25, 0.3) is 0 Å². The molecule has 1 aliphatic rings. The van der Waals surface area contributed by atoms with Crippen molar-refractivity contribution in [3.8, 4) is 5.75 Å². The van der Waals surface area contributed by atoms with Gasteiger partial charge in [-0.2, -0.15) is 4.31 Å². The minimum Gasteiger partial charge on any atom is -0.497 e. The Labute approximate surface area is 162 Å². The smallest absolute Gasteiger partial charge is 0.243 e. The molecule has 0 radical (unpaired) electrons. The Morgan fingerprint density at radius 1 is 1.15 bits per heavy atom. The number of aryl methyl sites for hydroxylation is 1. The van der Waals surface area contributed by atoms with Gasteiger partial charge in [0.25, 0.3) is 0 Å². The molecular formula is C19H31N3O4S. The van der Waals surface area contributed by atoms with Crippen molar-refractivity contribution < 1.29 is 17.9 Å². The largest absolute Gasteiger partial charge is 0.497 e. The number of amides is 1. The average Bonchev–Trinajstić information content (AvgIpc) is 2.68. The summed E-state index contributed by atoms with van der Waals surface area (Å²) >= 11 is 0. The molecule has 7 nitrogen and oxygen atoms in total. The molecule has 0 N–H and O–H groups in total. The Hall–Kier alpha value is -1.64. The molecule has 1 aromatic carbocycles. The van der Waals surface area contributed by atoms with Crippen LogP contribution in [0.1, 0.15) is 25.8 Å². The number of hydrogen-bond acceptors (Lipinski definition) is 5. The van der Waals surface area contributed by atoms with Crippen LogP contribution in [-0.2, 0) is 14.8 Å². The van der Waals surface area contributed by atoms with Crippen molar-refractivity contribution in [1.82, 2.24) is 14.1 Å². The van der Waals surface area contributed by atoms with Crippen LogP contribution < -0.4 is 4.74 Å². The van der Waals surface area contributed by atoms with Gasteiger partial charge in [-0.1, -0.05) is 13.8 Å². The third kappa shape index (κ3) is 5.21. The molecule has 1 heterocycles. The van der Waals surface area contributed by atoms with Crippen LogP contribution in [0.2, 0.25) is 0 Å². The molecular weight excluding hydrogens is 366 g/mol. The number of nitrogens with zero attached hydrogens (tertiary/aromatic N) is 3. The molecule has 0 aromatic heterocycles. The van der Waals surface area contributed by atoms with E-state index in [0.717, 1.165) is 19.6 Å². The Bertz CT molecular complexity index is 739. The quantitative estimate of drug-likeness (QED) is 0.666. The number of ether oxygens (including phenoxy) is 1. The van der Waals surface area contributed by atoms with Crippen molar-refractivity contribution in [3.05, 3.63) is 23.8 Å². The summed E-state index contributed by atoms with van der Waals surface area (Å²) in [5.74, 6) is 0.731. The molecule has 1 fully saturated rings. The molecule has 1 saturated heterocycles. The molecule has 0 spiro atoms. The SMILES string of the molecule is CCN(CC)CCC(=O)N1CCN(S(=O)(=O)c2ccc(OC)cc2C)CC1. The van der Waals surface area contributed by atoms with E-state index >= 15 is 0 Å². The summed E-state index contributed by atoms with van der Waals surface area (Å²) < 4.78 is 32.5. The van der Waals surface area contributed by atoms with Gasteiger partial charge in [0.15, 0.2) is 0 Å². The van der Waals surface area contributed by atoms with Crippen LogP contribution in [0.15, 0.2) is 23.1 Å². The molecule has 152 valence electrons. The standard InChI is InChI=1S/C19H31N3O4S/c1-5-20(6-2)10-9-19(23)21-11-13-22(14-12-21)27(24,25)18-8-7-17(26-4)15-16(18)3/h7-8,15H,5-6,9-14H2,1-4H3. The maximum absolute atomic E-state index is 13.0. The van der Waals surface area contributed by atoms with Crippen molar-refractivity contribution in [3.63, 3.8) is 0 Å². The Balaban J connectivity index is 1.97. The Morgan fingerprint density at radius 2 is 1.78 bits per heavy atom. The first-order valence-corrected chi connectivity index (χ1v) is 10.9. The van der Waals surface area contributed by atoms with Gasteiger partial charge in [0.1, 0.15) is 5.75 Å². The highest BCUT2D eigenvalue weighted by Gasteiger charge is 2.31. The summed E-state index contributed by atoms with van der Waals surface area (Å²) in [5.41, 5.74) is 0.659. The van der Waals surface area contributed by atoms with E-state index in [4.69, 9.17) is 4.74 Å². The van der Waals surface area contributed by atoms with Crippen molar-refractivity contribution in [2.24, 2.45) is 0 Å². The van der Waals surface area contributed by atoms with E-state index < -0.39 is 10.0 Å². The molecule has 1 aromatic rings. The fourth-order valence-electron chi connectivity index (χ4n) is 3.31. The first-order valence-electron chi connectivity index (χ1n) is 9.48. The van der Waals surface area contributed by atoms with Crippen LogP contribution in [0.5, 0.6) is 5.75 Å². The number of rotatable bonds is 8. The van der Waals surface area contributed by atoms with Crippen LogP contribution in [0, 0.1) is 6.92 Å². The van der Waals surface area contributed by atoms with Crippen molar-refractivity contribution in [1.29, 1.82) is 0 Å². The van der Waals surface area contributed by atoms with Gasteiger partial charge in [0.05, 0.1) is 12.0 Å². The Kier molecular flexibility index (Phi) is 7.64. The van der Waals surface area contributed by atoms with E-state index in [0.29, 0.717) is 48.8 Å². The third-order valence-electron chi connectivity index (χ3n) is 5.13. The van der Waals surface area contributed by atoms with Gasteiger partial charge in [0.2, 0.25) is 15.9 Å². The van der Waals surface area contributed by atoms with E-state index in [1.54, 1.807) is 37.1 Å². The van der Waals surface area contributed by atoms with Gasteiger partial charge in [-0.3, -0.25) is 4.79 Å². The number of methoxy groups -OCH3 is 1. The zero-order valence-corrected chi connectivity index (χ0v) is 17.6. The van der Waals surface area contributed by atoms with Crippen LogP contribution in [0.3, 0.4) is 0 Å². The summed E-state index contributed by atoms with van der Waals surface area (Å²) in [6.07, 6.45) is 0.478. The third-order valence-corrected chi connectivity index (χ3v) is 7.19. The van der Waals surface area contributed by atoms with E-state index in [2.05, 4.69) is 18.7 Å². The van der Waals surface area contributed by atoms with Gasteiger partial charge < -0.3 is 14.5 Å². The lowest BCUT2D eigenvalue weighted by atomic mass is 10.2. The fourth-order valence-corrected chi connectivity index (χ4v) is 4.93. The maximum Gasteiger partial charge on any atom is 0.243 e. The van der Waals surface area contributed by atoms with Gasteiger partial charge in [-0.05, 0) is 43.8 Å². The second-order valence-electron chi connectivity index (χ2n) is 6.69. The Morgan fingerprint density at radius 3 is 2.30 bits per heavy atom. The first-order chi connectivity index (χ1) is 12.8. The van der Waals surface area contributed by atoms with Crippen molar-refractivity contribution in [2.75, 3.05) is 52.9 Å². The summed E-state index contributed by atoms with van der Waals surface area (Å²) in [5, 5.41) is 0. The summed E-state index contributed by atoms with van der Waals surface area (Å²) in [7, 11) is -2.01. The number of hydrogen-bond donors (Lipinski definition) is 0. The zero-order chi connectivity index (χ0) is 20.0. The predicted octanol–water partition coefficient (Wildman–Crippen LogP) is 1.57. The van der Waals surface area contributed by atoms with Gasteiger partial charge in [-0.15, -0.1) is 0 Å². The summed E-state index contributed by atoms with van der Waals surface area (Å²) in [6.45, 7) is 10.1. The second-order valence-corrected chi connectivity index (χ2v) is 8.60. The topological polar surface area (TPSA) is 70.2 Å². The number of piperazine rings is 1. The van der Waals surface area contributed by atoms with E-state index in [1.807, 2.05) is 0 Å². The number of benzene rings is 1. The minimum atomic E-state index is -3.57. The minimum absolute atomic E-state index is 0.0968. The highest BCUT2D eigenvalue weighted by atomic mass is 32.2. The van der Waals surface area contributed by atoms with Gasteiger partial charge in [-0.25, -0.2) is 8.42 Å². The molecule has 27 heavy (non-hydrogen) atoms. The van der Waals surface area contributed by atoms with Crippen LogP contribution in [-0.4, -0.2) is 81.4 Å². The fraction of sp³-hybridized carbons (Fsp3) is 0.632. The van der Waals surface area contributed by atoms with Gasteiger partial charge >= 0.3 is 0 Å². The lowest BCUT2D eigenvalue weighted by Crippen LogP contribution is -2.51. The zero-order valence-electron chi connectivity index (χ0n) is 16.8. The van der Waals surface area contributed by atoms with Crippen LogP contribution in [0.4, 0.5) is 0 Å². The highest BCUT2D eigenvalue weighted by Crippen LogP contribution is 2.25. The summed E-state index contributed by atoms with van der Waals surface area (Å²) in [4.78, 5) is 16.7. The van der Waals surface area contributed by atoms with E-state index in [9.17, 15) is 13.2 Å².